The molecule has 0 aromatic heterocycles. The number of piperidine rings is 1. The molecule has 0 radical (unpaired) electrons. The lowest BCUT2D eigenvalue weighted by molar-refractivity contribution is -0.120. The molecule has 0 aliphatic carbocycles. The van der Waals surface area contributed by atoms with Gasteiger partial charge in [-0.3, -0.25) is 4.79 Å². The topological polar surface area (TPSA) is 41.1 Å². The standard InChI is InChI=1S/C13H16F2N2O/c1-8-2-3-10(14)12(11(8)15)17-13(18)9-4-6-16-7-5-9/h2-3,9,16H,4-7H2,1H3,(H,17,18). The smallest absolute Gasteiger partial charge is 0.227 e. The van der Waals surface area contributed by atoms with Crippen molar-refractivity contribution in [1.29, 1.82) is 0 Å². The van der Waals surface area contributed by atoms with Gasteiger partial charge >= 0.3 is 0 Å². The Bertz CT molecular complexity index is 457. The third-order valence-corrected chi connectivity index (χ3v) is 3.24. The average Bonchev–Trinajstić information content (AvgIpc) is 2.40. The van der Waals surface area contributed by atoms with Gasteiger partial charge in [0.1, 0.15) is 11.5 Å². The molecule has 1 aromatic carbocycles. The largest absolute Gasteiger partial charge is 0.321 e. The molecule has 1 amide bonds. The molecule has 0 bridgehead atoms. The Morgan fingerprint density at radius 2 is 2.00 bits per heavy atom. The summed E-state index contributed by atoms with van der Waals surface area (Å²) in [6, 6.07) is 2.52. The van der Waals surface area contributed by atoms with E-state index < -0.39 is 11.6 Å². The van der Waals surface area contributed by atoms with E-state index in [2.05, 4.69) is 10.6 Å². The fourth-order valence-electron chi connectivity index (χ4n) is 2.08. The van der Waals surface area contributed by atoms with Crippen LogP contribution < -0.4 is 10.6 Å². The van der Waals surface area contributed by atoms with E-state index in [1.165, 1.54) is 13.0 Å². The molecule has 3 nitrogen and oxygen atoms in total. The van der Waals surface area contributed by atoms with E-state index in [1.807, 2.05) is 0 Å². The number of aryl methyl sites for hydroxylation is 1. The molecule has 5 heteroatoms. The molecule has 0 spiro atoms. The van der Waals surface area contributed by atoms with Gasteiger partial charge in [-0.1, -0.05) is 6.07 Å². The summed E-state index contributed by atoms with van der Waals surface area (Å²) in [6.07, 6.45) is 1.39. The molecule has 1 heterocycles. The predicted octanol–water partition coefficient (Wildman–Crippen LogP) is 2.21. The Morgan fingerprint density at radius 1 is 1.33 bits per heavy atom. The van der Waals surface area contributed by atoms with Crippen molar-refractivity contribution in [2.24, 2.45) is 5.92 Å². The summed E-state index contributed by atoms with van der Waals surface area (Å²) in [7, 11) is 0. The Morgan fingerprint density at radius 3 is 2.67 bits per heavy atom. The number of hydrogen-bond acceptors (Lipinski definition) is 2. The number of hydrogen-bond donors (Lipinski definition) is 2. The molecular formula is C13H16F2N2O. The van der Waals surface area contributed by atoms with Crippen molar-refractivity contribution in [2.45, 2.75) is 19.8 Å². The predicted molar refractivity (Wildman–Crippen MR) is 65.3 cm³/mol. The third-order valence-electron chi connectivity index (χ3n) is 3.24. The van der Waals surface area contributed by atoms with Crippen LogP contribution in [0.2, 0.25) is 0 Å². The summed E-state index contributed by atoms with van der Waals surface area (Å²) in [5.74, 6) is -1.91. The number of anilines is 1. The van der Waals surface area contributed by atoms with Crippen molar-refractivity contribution in [1.82, 2.24) is 5.32 Å². The third kappa shape index (κ3) is 2.67. The van der Waals surface area contributed by atoms with E-state index in [-0.39, 0.29) is 17.5 Å². The van der Waals surface area contributed by atoms with Gasteiger partial charge < -0.3 is 10.6 Å². The molecule has 0 saturated carbocycles. The Labute approximate surface area is 105 Å². The van der Waals surface area contributed by atoms with E-state index in [9.17, 15) is 13.6 Å². The van der Waals surface area contributed by atoms with E-state index in [1.54, 1.807) is 0 Å². The average molecular weight is 254 g/mol. The maximum absolute atomic E-state index is 13.7. The number of benzene rings is 1. The van der Waals surface area contributed by atoms with Gasteiger partial charge in [0.2, 0.25) is 5.91 Å². The zero-order valence-corrected chi connectivity index (χ0v) is 10.2. The molecule has 98 valence electrons. The molecule has 18 heavy (non-hydrogen) atoms. The van der Waals surface area contributed by atoms with Crippen molar-refractivity contribution >= 4 is 11.6 Å². The van der Waals surface area contributed by atoms with Gasteiger partial charge in [-0.25, -0.2) is 8.78 Å². The number of carbonyl (C=O) groups is 1. The van der Waals surface area contributed by atoms with Crippen LogP contribution in [0.5, 0.6) is 0 Å². The first kappa shape index (κ1) is 13.0. The second-order valence-corrected chi connectivity index (χ2v) is 4.57. The minimum absolute atomic E-state index is 0.175. The highest BCUT2D eigenvalue weighted by atomic mass is 19.1. The van der Waals surface area contributed by atoms with Crippen LogP contribution in [-0.2, 0) is 4.79 Å². The molecule has 1 fully saturated rings. The normalized spacial score (nSPS) is 16.6. The first-order valence-corrected chi connectivity index (χ1v) is 6.06. The summed E-state index contributed by atoms with van der Waals surface area (Å²) in [6.45, 7) is 3.06. The number of halogens is 2. The summed E-state index contributed by atoms with van der Waals surface area (Å²) in [5.41, 5.74) is -0.0180. The summed E-state index contributed by atoms with van der Waals surface area (Å²) < 4.78 is 27.2. The number of amides is 1. The lowest BCUT2D eigenvalue weighted by Gasteiger charge is -2.22. The molecule has 1 aliphatic heterocycles. The van der Waals surface area contributed by atoms with E-state index in [0.717, 1.165) is 19.2 Å². The monoisotopic (exact) mass is 254 g/mol. The van der Waals surface area contributed by atoms with E-state index >= 15 is 0 Å². The summed E-state index contributed by atoms with van der Waals surface area (Å²) in [4.78, 5) is 11.9. The van der Waals surface area contributed by atoms with Gasteiger partial charge in [-0.15, -0.1) is 0 Å². The molecule has 1 aromatic rings. The molecule has 1 aliphatic rings. The van der Waals surface area contributed by atoms with Crippen molar-refractivity contribution in [3.05, 3.63) is 29.3 Å². The van der Waals surface area contributed by atoms with Crippen molar-refractivity contribution < 1.29 is 13.6 Å². The van der Waals surface area contributed by atoms with Crippen LogP contribution in [-0.4, -0.2) is 19.0 Å². The first-order chi connectivity index (χ1) is 8.59. The second-order valence-electron chi connectivity index (χ2n) is 4.57. The van der Waals surface area contributed by atoms with Crippen LogP contribution in [0.1, 0.15) is 18.4 Å². The molecular weight excluding hydrogens is 238 g/mol. The van der Waals surface area contributed by atoms with Gasteiger partial charge in [-0.2, -0.15) is 0 Å². The fourth-order valence-corrected chi connectivity index (χ4v) is 2.08. The minimum Gasteiger partial charge on any atom is -0.321 e. The van der Waals surface area contributed by atoms with Gasteiger partial charge in [0, 0.05) is 5.92 Å². The number of carbonyl (C=O) groups excluding carboxylic acids is 1. The van der Waals surface area contributed by atoms with Gasteiger partial charge in [0.25, 0.3) is 0 Å². The van der Waals surface area contributed by atoms with Gasteiger partial charge in [0.15, 0.2) is 5.82 Å². The fraction of sp³-hybridized carbons (Fsp3) is 0.462. The highest BCUT2D eigenvalue weighted by molar-refractivity contribution is 5.93. The van der Waals surface area contributed by atoms with Gasteiger partial charge in [-0.05, 0) is 44.5 Å². The Hall–Kier alpha value is -1.49. The molecule has 0 unspecified atom stereocenters. The maximum Gasteiger partial charge on any atom is 0.227 e. The number of rotatable bonds is 2. The lowest BCUT2D eigenvalue weighted by atomic mass is 9.97. The van der Waals surface area contributed by atoms with Crippen LogP contribution in [0.3, 0.4) is 0 Å². The highest BCUT2D eigenvalue weighted by Crippen LogP contribution is 2.23. The maximum atomic E-state index is 13.7. The number of nitrogens with one attached hydrogen (secondary N) is 2. The quantitative estimate of drug-likeness (QED) is 0.849. The van der Waals surface area contributed by atoms with Crippen molar-refractivity contribution in [3.8, 4) is 0 Å². The van der Waals surface area contributed by atoms with Crippen LogP contribution in [0.25, 0.3) is 0 Å². The summed E-state index contributed by atoms with van der Waals surface area (Å²) in [5, 5.41) is 5.51. The zero-order valence-electron chi connectivity index (χ0n) is 10.2. The van der Waals surface area contributed by atoms with Crippen LogP contribution in [0.4, 0.5) is 14.5 Å². The second kappa shape index (κ2) is 5.44. The Kier molecular flexibility index (Phi) is 3.91. The van der Waals surface area contributed by atoms with E-state index in [0.29, 0.717) is 18.4 Å². The van der Waals surface area contributed by atoms with Crippen LogP contribution >= 0.6 is 0 Å². The summed E-state index contributed by atoms with van der Waals surface area (Å²) >= 11 is 0. The molecule has 0 atom stereocenters. The SMILES string of the molecule is Cc1ccc(F)c(NC(=O)C2CCNCC2)c1F. The van der Waals surface area contributed by atoms with Crippen molar-refractivity contribution in [3.63, 3.8) is 0 Å². The molecule has 1 saturated heterocycles. The molecule has 2 N–H and O–H groups in total. The highest BCUT2D eigenvalue weighted by Gasteiger charge is 2.23. The first-order valence-electron chi connectivity index (χ1n) is 6.06. The minimum atomic E-state index is -0.736. The van der Waals surface area contributed by atoms with Crippen molar-refractivity contribution in [2.75, 3.05) is 18.4 Å². The van der Waals surface area contributed by atoms with Crippen LogP contribution in [0.15, 0.2) is 12.1 Å². The van der Waals surface area contributed by atoms with Crippen LogP contribution in [0, 0.1) is 24.5 Å². The lowest BCUT2D eigenvalue weighted by Crippen LogP contribution is -2.35. The van der Waals surface area contributed by atoms with E-state index in [4.69, 9.17) is 0 Å². The molecule has 2 rings (SSSR count). The van der Waals surface area contributed by atoms with Gasteiger partial charge in [0.05, 0.1) is 0 Å². The Balaban J connectivity index is 2.13. The zero-order chi connectivity index (χ0) is 13.1.